The molecule has 1 N–H and O–H groups in total. The van der Waals surface area contributed by atoms with Crippen molar-refractivity contribution >= 4 is 5.97 Å². The van der Waals surface area contributed by atoms with Gasteiger partial charge < -0.3 is 5.11 Å². The predicted octanol–water partition coefficient (Wildman–Crippen LogP) is 3.17. The average Bonchev–Trinajstić information content (AvgIpc) is 2.34. The Hall–Kier alpha value is -1.56. The summed E-state index contributed by atoms with van der Waals surface area (Å²) in [6.45, 7) is 2.03. The maximum atomic E-state index is 12.6. The van der Waals surface area contributed by atoms with Crippen LogP contribution in [0.4, 0.5) is 13.2 Å². The summed E-state index contributed by atoms with van der Waals surface area (Å²) in [6, 6.07) is 4.81. The predicted molar refractivity (Wildman–Crippen MR) is 64.7 cm³/mol. The first-order valence-corrected chi connectivity index (χ1v) is 5.81. The molecule has 106 valence electrons. The van der Waals surface area contributed by atoms with E-state index in [1.54, 1.807) is 24.9 Å². The lowest BCUT2D eigenvalue weighted by atomic mass is 10.0. The summed E-state index contributed by atoms with van der Waals surface area (Å²) in [4.78, 5) is 12.2. The molecule has 3 nitrogen and oxygen atoms in total. The van der Waals surface area contributed by atoms with E-state index >= 15 is 0 Å². The van der Waals surface area contributed by atoms with Crippen molar-refractivity contribution in [3.05, 3.63) is 35.4 Å². The Bertz CT molecular complexity index is 446. The Morgan fingerprint density at radius 1 is 1.42 bits per heavy atom. The van der Waals surface area contributed by atoms with Crippen LogP contribution < -0.4 is 0 Å². The lowest BCUT2D eigenvalue weighted by Crippen LogP contribution is -2.25. The van der Waals surface area contributed by atoms with Gasteiger partial charge in [-0.3, -0.25) is 9.69 Å². The van der Waals surface area contributed by atoms with Crippen LogP contribution in [0.1, 0.15) is 30.5 Å². The van der Waals surface area contributed by atoms with E-state index in [0.717, 1.165) is 12.1 Å². The van der Waals surface area contributed by atoms with Crippen molar-refractivity contribution in [2.45, 2.75) is 25.6 Å². The zero-order valence-electron chi connectivity index (χ0n) is 10.7. The fourth-order valence-electron chi connectivity index (χ4n) is 1.69. The molecule has 0 aliphatic carbocycles. The molecule has 0 bridgehead atoms. The summed E-state index contributed by atoms with van der Waals surface area (Å²) in [7, 11) is 1.69. The molecule has 6 heteroatoms. The molecule has 1 aromatic carbocycles. The standard InChI is InChI=1S/C13H16F3NO2/c1-9(17(2)7-6-12(18)19)10-4-3-5-11(8-10)13(14,15)16/h3-5,8-9H,6-7H2,1-2H3,(H,18,19). The second-order valence-corrected chi connectivity index (χ2v) is 4.42. The molecule has 0 aromatic heterocycles. The van der Waals surface area contributed by atoms with Gasteiger partial charge in [-0.1, -0.05) is 12.1 Å². The number of aliphatic carboxylic acids is 1. The molecular formula is C13H16F3NO2. The third-order valence-electron chi connectivity index (χ3n) is 3.04. The molecule has 0 radical (unpaired) electrons. The minimum atomic E-state index is -4.37. The highest BCUT2D eigenvalue weighted by Crippen LogP contribution is 2.31. The summed E-state index contributed by atoms with van der Waals surface area (Å²) in [6.07, 6.45) is -4.41. The molecule has 19 heavy (non-hydrogen) atoms. The van der Waals surface area contributed by atoms with Crippen LogP contribution in [0.25, 0.3) is 0 Å². The molecule has 1 rings (SSSR count). The molecule has 0 spiro atoms. The Balaban J connectivity index is 2.82. The van der Waals surface area contributed by atoms with Gasteiger partial charge >= 0.3 is 12.1 Å². The van der Waals surface area contributed by atoms with Crippen LogP contribution in [-0.4, -0.2) is 29.6 Å². The third kappa shape index (κ3) is 4.55. The molecule has 0 saturated carbocycles. The van der Waals surface area contributed by atoms with Crippen LogP contribution in [0, 0.1) is 0 Å². The van der Waals surface area contributed by atoms with Crippen LogP contribution in [0.5, 0.6) is 0 Å². The third-order valence-corrected chi connectivity index (χ3v) is 3.04. The second kappa shape index (κ2) is 6.06. The number of carboxylic acids is 1. The molecule has 0 saturated heterocycles. The molecule has 0 aliphatic rings. The van der Waals surface area contributed by atoms with Gasteiger partial charge in [0.05, 0.1) is 12.0 Å². The van der Waals surface area contributed by atoms with Crippen LogP contribution in [0.15, 0.2) is 24.3 Å². The minimum absolute atomic E-state index is 0.0419. The first-order chi connectivity index (χ1) is 8.71. The first kappa shape index (κ1) is 15.5. The number of carbonyl (C=O) groups is 1. The zero-order valence-corrected chi connectivity index (χ0v) is 10.7. The molecule has 0 heterocycles. The monoisotopic (exact) mass is 275 g/mol. The molecule has 0 fully saturated rings. The maximum Gasteiger partial charge on any atom is 0.416 e. The molecule has 1 atom stereocenters. The SMILES string of the molecule is CC(c1cccc(C(F)(F)F)c1)N(C)CCC(=O)O. The Morgan fingerprint density at radius 2 is 2.05 bits per heavy atom. The van der Waals surface area contributed by atoms with E-state index in [-0.39, 0.29) is 19.0 Å². The van der Waals surface area contributed by atoms with Crippen molar-refractivity contribution in [1.29, 1.82) is 0 Å². The largest absolute Gasteiger partial charge is 0.481 e. The fourth-order valence-corrected chi connectivity index (χ4v) is 1.69. The summed E-state index contributed by atoms with van der Waals surface area (Å²) >= 11 is 0. The molecule has 1 unspecified atom stereocenters. The summed E-state index contributed by atoms with van der Waals surface area (Å²) in [5, 5.41) is 8.59. The fraction of sp³-hybridized carbons (Fsp3) is 0.462. The van der Waals surface area contributed by atoms with Crippen molar-refractivity contribution in [3.63, 3.8) is 0 Å². The van der Waals surface area contributed by atoms with Gasteiger partial charge in [-0.05, 0) is 31.7 Å². The van der Waals surface area contributed by atoms with E-state index < -0.39 is 17.7 Å². The first-order valence-electron chi connectivity index (χ1n) is 5.81. The van der Waals surface area contributed by atoms with Crippen molar-refractivity contribution in [2.75, 3.05) is 13.6 Å². The number of nitrogens with zero attached hydrogens (tertiary/aromatic N) is 1. The maximum absolute atomic E-state index is 12.6. The van der Waals surface area contributed by atoms with E-state index in [4.69, 9.17) is 5.11 Å². The summed E-state index contributed by atoms with van der Waals surface area (Å²) in [5.74, 6) is -0.928. The Labute approximate surface area is 109 Å². The Kier molecular flexibility index (Phi) is 4.94. The highest BCUT2D eigenvalue weighted by atomic mass is 19.4. The number of alkyl halides is 3. The van der Waals surface area contributed by atoms with Gasteiger partial charge in [0.2, 0.25) is 0 Å². The van der Waals surface area contributed by atoms with E-state index in [1.807, 2.05) is 0 Å². The van der Waals surface area contributed by atoms with Gasteiger partial charge in [0.25, 0.3) is 0 Å². The number of halogens is 3. The number of hydrogen-bond donors (Lipinski definition) is 1. The molecule has 0 aliphatic heterocycles. The van der Waals surface area contributed by atoms with Crippen LogP contribution in [0.2, 0.25) is 0 Å². The lowest BCUT2D eigenvalue weighted by molar-refractivity contribution is -0.138. The van der Waals surface area contributed by atoms with E-state index in [1.165, 1.54) is 6.07 Å². The average molecular weight is 275 g/mol. The van der Waals surface area contributed by atoms with Gasteiger partial charge in [0, 0.05) is 12.6 Å². The van der Waals surface area contributed by atoms with Gasteiger partial charge in [0.15, 0.2) is 0 Å². The highest BCUT2D eigenvalue weighted by Gasteiger charge is 2.30. The van der Waals surface area contributed by atoms with Gasteiger partial charge in [0.1, 0.15) is 0 Å². The minimum Gasteiger partial charge on any atom is -0.481 e. The number of carboxylic acid groups (broad SMARTS) is 1. The zero-order chi connectivity index (χ0) is 14.6. The highest BCUT2D eigenvalue weighted by molar-refractivity contribution is 5.66. The normalized spacial score (nSPS) is 13.6. The van der Waals surface area contributed by atoms with Gasteiger partial charge in [-0.15, -0.1) is 0 Å². The topological polar surface area (TPSA) is 40.5 Å². The second-order valence-electron chi connectivity index (χ2n) is 4.42. The van der Waals surface area contributed by atoms with Crippen LogP contribution >= 0.6 is 0 Å². The lowest BCUT2D eigenvalue weighted by Gasteiger charge is -2.25. The molecule has 0 amide bonds. The number of rotatable bonds is 5. The van der Waals surface area contributed by atoms with Gasteiger partial charge in [-0.2, -0.15) is 13.2 Å². The van der Waals surface area contributed by atoms with Crippen molar-refractivity contribution < 1.29 is 23.1 Å². The van der Waals surface area contributed by atoms with Crippen molar-refractivity contribution in [1.82, 2.24) is 4.90 Å². The quantitative estimate of drug-likeness (QED) is 0.897. The molecule has 1 aromatic rings. The van der Waals surface area contributed by atoms with E-state index in [9.17, 15) is 18.0 Å². The number of hydrogen-bond acceptors (Lipinski definition) is 2. The number of benzene rings is 1. The summed E-state index contributed by atoms with van der Waals surface area (Å²) < 4.78 is 37.8. The molecular weight excluding hydrogens is 259 g/mol. The van der Waals surface area contributed by atoms with Crippen LogP contribution in [-0.2, 0) is 11.0 Å². The van der Waals surface area contributed by atoms with Crippen molar-refractivity contribution in [2.24, 2.45) is 0 Å². The van der Waals surface area contributed by atoms with E-state index in [2.05, 4.69) is 0 Å². The smallest absolute Gasteiger partial charge is 0.416 e. The van der Waals surface area contributed by atoms with Gasteiger partial charge in [-0.25, -0.2) is 0 Å². The Morgan fingerprint density at radius 3 is 2.58 bits per heavy atom. The van der Waals surface area contributed by atoms with Crippen molar-refractivity contribution in [3.8, 4) is 0 Å². The van der Waals surface area contributed by atoms with E-state index in [0.29, 0.717) is 5.56 Å². The summed E-state index contributed by atoms with van der Waals surface area (Å²) in [5.41, 5.74) is -0.175. The van der Waals surface area contributed by atoms with Crippen LogP contribution in [0.3, 0.4) is 0 Å².